The predicted octanol–water partition coefficient (Wildman–Crippen LogP) is 6.33. The van der Waals surface area contributed by atoms with Crippen LogP contribution in [0.4, 0.5) is 0 Å². The summed E-state index contributed by atoms with van der Waals surface area (Å²) in [5.41, 5.74) is 1.66. The molecule has 1 aliphatic rings. The number of hydrogen-bond donors (Lipinski definition) is 1. The van der Waals surface area contributed by atoms with Gasteiger partial charge in [-0.15, -0.1) is 0 Å². The summed E-state index contributed by atoms with van der Waals surface area (Å²) in [4.78, 5) is 0. The van der Waals surface area contributed by atoms with Crippen molar-refractivity contribution in [3.05, 3.63) is 96.1 Å². The lowest BCUT2D eigenvalue weighted by atomic mass is 9.89. The highest BCUT2D eigenvalue weighted by molar-refractivity contribution is 6.20. The van der Waals surface area contributed by atoms with Gasteiger partial charge in [-0.25, -0.2) is 0 Å². The van der Waals surface area contributed by atoms with Gasteiger partial charge in [-0.2, -0.15) is 0 Å². The van der Waals surface area contributed by atoms with Crippen molar-refractivity contribution in [3.63, 3.8) is 0 Å². The average molecular weight is 348 g/mol. The number of fused-ring (bicyclic) bond motifs is 8. The fraction of sp³-hybridized carbons (Fsp3) is 0.0400. The van der Waals surface area contributed by atoms with E-state index >= 15 is 0 Å². The largest absolute Gasteiger partial charge is 0.457 e. The van der Waals surface area contributed by atoms with Crippen LogP contribution in [0, 0.1) is 0 Å². The van der Waals surface area contributed by atoms with E-state index in [2.05, 4.69) is 54.6 Å². The third-order valence-corrected chi connectivity index (χ3v) is 5.61. The van der Waals surface area contributed by atoms with Gasteiger partial charge in [-0.05, 0) is 44.5 Å². The van der Waals surface area contributed by atoms with Crippen LogP contribution >= 0.6 is 0 Å². The average Bonchev–Trinajstić information content (AvgIpc) is 2.73. The molecule has 2 nitrogen and oxygen atoms in total. The molecule has 6 rings (SSSR count). The third kappa shape index (κ3) is 1.99. The number of ether oxygens (including phenoxy) is 1. The number of benzene rings is 5. The number of rotatable bonds is 0. The van der Waals surface area contributed by atoms with Crippen molar-refractivity contribution in [1.82, 2.24) is 0 Å². The quantitative estimate of drug-likeness (QED) is 0.331. The Morgan fingerprint density at radius 1 is 0.593 bits per heavy atom. The Bertz CT molecular complexity index is 1370. The maximum absolute atomic E-state index is 11.1. The summed E-state index contributed by atoms with van der Waals surface area (Å²) in [6.45, 7) is 0. The molecule has 1 N–H and O–H groups in total. The number of para-hydroxylation sites is 1. The zero-order valence-corrected chi connectivity index (χ0v) is 14.5. The first kappa shape index (κ1) is 14.8. The maximum atomic E-state index is 11.1. The smallest absolute Gasteiger partial charge is 0.134 e. The molecule has 1 aliphatic heterocycles. The van der Waals surface area contributed by atoms with Crippen molar-refractivity contribution in [2.75, 3.05) is 0 Å². The standard InChI is InChI=1S/C25H16O2/c26-25-20-7-3-4-8-21(20)27-22-14-13-18-19(24(22)25)12-11-16-10-9-15-5-1-2-6-17(15)23(16)18/h1-14,25-26H. The van der Waals surface area contributed by atoms with E-state index in [1.54, 1.807) is 0 Å². The van der Waals surface area contributed by atoms with Gasteiger partial charge in [0.2, 0.25) is 0 Å². The van der Waals surface area contributed by atoms with Crippen molar-refractivity contribution in [1.29, 1.82) is 0 Å². The number of aliphatic hydroxyl groups is 1. The second-order valence-electron chi connectivity index (χ2n) is 7.07. The highest BCUT2D eigenvalue weighted by atomic mass is 16.5. The van der Waals surface area contributed by atoms with Crippen LogP contribution in [0.3, 0.4) is 0 Å². The fourth-order valence-corrected chi connectivity index (χ4v) is 4.36. The first-order valence-corrected chi connectivity index (χ1v) is 9.13. The minimum absolute atomic E-state index is 0.693. The van der Waals surface area contributed by atoms with E-state index in [0.717, 1.165) is 33.4 Å². The summed E-state index contributed by atoms with van der Waals surface area (Å²) in [5, 5.41) is 18.2. The number of aliphatic hydroxyl groups excluding tert-OH is 1. The molecule has 1 heterocycles. The van der Waals surface area contributed by atoms with Crippen molar-refractivity contribution < 1.29 is 9.84 Å². The van der Waals surface area contributed by atoms with Gasteiger partial charge in [-0.1, -0.05) is 72.8 Å². The van der Waals surface area contributed by atoms with E-state index in [1.165, 1.54) is 21.5 Å². The first-order valence-electron chi connectivity index (χ1n) is 9.13. The van der Waals surface area contributed by atoms with E-state index in [9.17, 15) is 5.11 Å². The minimum Gasteiger partial charge on any atom is -0.457 e. The van der Waals surface area contributed by atoms with E-state index in [0.29, 0.717) is 0 Å². The fourth-order valence-electron chi connectivity index (χ4n) is 4.36. The Hall–Kier alpha value is -3.36. The molecule has 5 aromatic rings. The Kier molecular flexibility index (Phi) is 2.91. The van der Waals surface area contributed by atoms with Crippen LogP contribution < -0.4 is 4.74 Å². The summed E-state index contributed by atoms with van der Waals surface area (Å²) in [7, 11) is 0. The molecule has 0 fully saturated rings. The monoisotopic (exact) mass is 348 g/mol. The topological polar surface area (TPSA) is 29.5 Å². The molecule has 128 valence electrons. The second-order valence-corrected chi connectivity index (χ2v) is 7.07. The lowest BCUT2D eigenvalue weighted by molar-refractivity contribution is 0.205. The maximum Gasteiger partial charge on any atom is 0.134 e. The SMILES string of the molecule is OC1c2ccccc2Oc2ccc3c(ccc4ccc5ccccc5c43)c21. The van der Waals surface area contributed by atoms with Crippen LogP contribution in [0.15, 0.2) is 84.9 Å². The highest BCUT2D eigenvalue weighted by Crippen LogP contribution is 2.47. The predicted molar refractivity (Wildman–Crippen MR) is 110 cm³/mol. The van der Waals surface area contributed by atoms with Crippen LogP contribution in [0.2, 0.25) is 0 Å². The summed E-state index contributed by atoms with van der Waals surface area (Å²) >= 11 is 0. The Morgan fingerprint density at radius 3 is 2.30 bits per heavy atom. The zero-order chi connectivity index (χ0) is 18.0. The summed E-state index contributed by atoms with van der Waals surface area (Å²) in [6, 6.07) is 28.8. The molecule has 0 aliphatic carbocycles. The third-order valence-electron chi connectivity index (χ3n) is 5.61. The van der Waals surface area contributed by atoms with E-state index in [4.69, 9.17) is 4.74 Å². The van der Waals surface area contributed by atoms with Gasteiger partial charge >= 0.3 is 0 Å². The molecule has 0 spiro atoms. The van der Waals surface area contributed by atoms with Gasteiger partial charge in [0.1, 0.15) is 17.6 Å². The second kappa shape index (κ2) is 5.32. The molecule has 0 bridgehead atoms. The van der Waals surface area contributed by atoms with Crippen molar-refractivity contribution >= 4 is 32.3 Å². The van der Waals surface area contributed by atoms with Crippen molar-refractivity contribution in [3.8, 4) is 11.5 Å². The van der Waals surface area contributed by atoms with Crippen LogP contribution in [-0.2, 0) is 0 Å². The van der Waals surface area contributed by atoms with Crippen LogP contribution in [0.1, 0.15) is 17.2 Å². The molecular formula is C25H16O2. The molecule has 27 heavy (non-hydrogen) atoms. The van der Waals surface area contributed by atoms with Crippen LogP contribution in [-0.4, -0.2) is 5.11 Å². The molecule has 5 aromatic carbocycles. The van der Waals surface area contributed by atoms with E-state index in [1.807, 2.05) is 30.3 Å². The molecular weight excluding hydrogens is 332 g/mol. The summed E-state index contributed by atoms with van der Waals surface area (Å²) < 4.78 is 6.10. The van der Waals surface area contributed by atoms with Gasteiger partial charge in [0, 0.05) is 11.1 Å². The number of hydrogen-bond acceptors (Lipinski definition) is 2. The Morgan fingerprint density at radius 2 is 1.33 bits per heavy atom. The van der Waals surface area contributed by atoms with E-state index in [-0.39, 0.29) is 0 Å². The lowest BCUT2D eigenvalue weighted by Gasteiger charge is -2.26. The highest BCUT2D eigenvalue weighted by Gasteiger charge is 2.27. The van der Waals surface area contributed by atoms with Crippen LogP contribution in [0.25, 0.3) is 32.3 Å². The van der Waals surface area contributed by atoms with Crippen molar-refractivity contribution in [2.24, 2.45) is 0 Å². The van der Waals surface area contributed by atoms with Crippen LogP contribution in [0.5, 0.6) is 11.5 Å². The first-order chi connectivity index (χ1) is 13.3. The van der Waals surface area contributed by atoms with Gasteiger partial charge in [0.15, 0.2) is 0 Å². The molecule has 0 aromatic heterocycles. The zero-order valence-electron chi connectivity index (χ0n) is 14.5. The molecule has 2 heteroatoms. The Balaban J connectivity index is 1.75. The Labute approximate surface area is 156 Å². The molecule has 0 saturated carbocycles. The summed E-state index contributed by atoms with van der Waals surface area (Å²) in [5.74, 6) is 1.45. The van der Waals surface area contributed by atoms with Gasteiger partial charge < -0.3 is 9.84 Å². The summed E-state index contributed by atoms with van der Waals surface area (Å²) in [6.07, 6.45) is -0.693. The molecule has 1 unspecified atom stereocenters. The van der Waals surface area contributed by atoms with Gasteiger partial charge in [0.05, 0.1) is 0 Å². The van der Waals surface area contributed by atoms with Gasteiger partial charge in [0.25, 0.3) is 0 Å². The molecule has 0 radical (unpaired) electrons. The minimum atomic E-state index is -0.693. The molecule has 0 saturated heterocycles. The van der Waals surface area contributed by atoms with Crippen molar-refractivity contribution in [2.45, 2.75) is 6.10 Å². The van der Waals surface area contributed by atoms with E-state index < -0.39 is 6.10 Å². The van der Waals surface area contributed by atoms with Gasteiger partial charge in [-0.3, -0.25) is 0 Å². The normalized spacial score (nSPS) is 15.5. The molecule has 1 atom stereocenters. The molecule has 0 amide bonds. The lowest BCUT2D eigenvalue weighted by Crippen LogP contribution is -2.10.